The number of ether oxygens (including phenoxy) is 3. The Kier molecular flexibility index (Phi) is 4.95. The lowest BCUT2D eigenvalue weighted by molar-refractivity contribution is 0.106. The molecule has 4 rings (SSSR count). The molecule has 0 atom stereocenters. The molecule has 0 unspecified atom stereocenters. The van der Waals surface area contributed by atoms with Gasteiger partial charge in [0.25, 0.3) is 0 Å². The average Bonchev–Trinajstić information content (AvgIpc) is 2.72. The minimum absolute atomic E-state index is 0.556. The average molecular weight is 358 g/mol. The monoisotopic (exact) mass is 358 g/mol. The first-order chi connectivity index (χ1) is 13.3. The summed E-state index contributed by atoms with van der Waals surface area (Å²) in [6, 6.07) is 22.7. The molecule has 3 aromatic rings. The van der Waals surface area contributed by atoms with Crippen LogP contribution >= 0.6 is 0 Å². The molecule has 1 aliphatic heterocycles. The van der Waals surface area contributed by atoms with Gasteiger partial charge >= 0.3 is 0 Å². The van der Waals surface area contributed by atoms with Crippen molar-refractivity contribution in [3.63, 3.8) is 0 Å². The normalized spacial score (nSPS) is 14.7. The number of methoxy groups -OCH3 is 2. The zero-order valence-corrected chi connectivity index (χ0v) is 15.6. The Morgan fingerprint density at radius 3 is 2.19 bits per heavy atom. The first-order valence-electron chi connectivity index (χ1n) is 8.97. The Morgan fingerprint density at radius 1 is 0.741 bits per heavy atom. The van der Waals surface area contributed by atoms with Crippen LogP contribution in [0, 0.1) is 0 Å². The Hall–Kier alpha value is -3.04. The van der Waals surface area contributed by atoms with E-state index in [1.54, 1.807) is 14.2 Å². The van der Waals surface area contributed by atoms with E-state index in [-0.39, 0.29) is 0 Å². The second-order valence-electron chi connectivity index (χ2n) is 6.50. The fourth-order valence-corrected chi connectivity index (χ4v) is 3.43. The topological polar surface area (TPSA) is 27.7 Å². The van der Waals surface area contributed by atoms with Crippen molar-refractivity contribution in [1.82, 2.24) is 0 Å². The van der Waals surface area contributed by atoms with Gasteiger partial charge in [0.2, 0.25) is 0 Å². The van der Waals surface area contributed by atoms with E-state index in [1.807, 2.05) is 18.2 Å². The van der Waals surface area contributed by atoms with Gasteiger partial charge in [-0.3, -0.25) is 0 Å². The van der Waals surface area contributed by atoms with E-state index in [9.17, 15) is 0 Å². The molecule has 0 saturated heterocycles. The fraction of sp³-hybridized carbons (Fsp3) is 0.167. The molecule has 0 amide bonds. The minimum Gasteiger partial charge on any atom is -0.497 e. The third kappa shape index (κ3) is 3.60. The van der Waals surface area contributed by atoms with Crippen molar-refractivity contribution >= 4 is 11.6 Å². The number of hydrogen-bond donors (Lipinski definition) is 0. The Labute approximate surface area is 159 Å². The van der Waals surface area contributed by atoms with Crippen molar-refractivity contribution in [2.75, 3.05) is 14.2 Å². The van der Waals surface area contributed by atoms with E-state index in [0.29, 0.717) is 13.2 Å². The van der Waals surface area contributed by atoms with Gasteiger partial charge in [0, 0.05) is 0 Å². The van der Waals surface area contributed by atoms with Gasteiger partial charge < -0.3 is 14.2 Å². The first kappa shape index (κ1) is 17.4. The minimum atomic E-state index is 0.556. The maximum Gasteiger partial charge on any atom is 0.119 e. The molecule has 136 valence electrons. The molecule has 1 heterocycles. The van der Waals surface area contributed by atoms with Crippen LogP contribution < -0.4 is 9.47 Å². The molecule has 0 aromatic heterocycles. The molecule has 0 fully saturated rings. The zero-order chi connectivity index (χ0) is 18.6. The summed E-state index contributed by atoms with van der Waals surface area (Å²) in [7, 11) is 3.37. The predicted octanol–water partition coefficient (Wildman–Crippen LogP) is 5.32. The van der Waals surface area contributed by atoms with E-state index >= 15 is 0 Å². The maximum absolute atomic E-state index is 5.96. The summed E-state index contributed by atoms with van der Waals surface area (Å²) in [6.45, 7) is 1.15. The molecule has 0 bridgehead atoms. The van der Waals surface area contributed by atoms with Gasteiger partial charge in [-0.05, 0) is 63.7 Å². The summed E-state index contributed by atoms with van der Waals surface area (Å²) in [4.78, 5) is 0. The van der Waals surface area contributed by atoms with Crippen LogP contribution in [0.2, 0.25) is 0 Å². The summed E-state index contributed by atoms with van der Waals surface area (Å²) >= 11 is 0. The summed E-state index contributed by atoms with van der Waals surface area (Å²) in [6.07, 6.45) is 2.23. The third-order valence-corrected chi connectivity index (χ3v) is 4.85. The highest BCUT2D eigenvalue weighted by Crippen LogP contribution is 2.35. The molecule has 0 saturated carbocycles. The fourth-order valence-electron chi connectivity index (χ4n) is 3.43. The summed E-state index contributed by atoms with van der Waals surface area (Å²) in [5.41, 5.74) is 7.00. The highest BCUT2D eigenvalue weighted by Gasteiger charge is 2.17. The van der Waals surface area contributed by atoms with Gasteiger partial charge in [0.05, 0.1) is 27.4 Å². The van der Waals surface area contributed by atoms with Crippen LogP contribution in [0.25, 0.3) is 11.6 Å². The van der Waals surface area contributed by atoms with Crippen molar-refractivity contribution in [2.45, 2.75) is 13.2 Å². The van der Waals surface area contributed by atoms with Crippen molar-refractivity contribution in [3.8, 4) is 11.5 Å². The lowest BCUT2D eigenvalue weighted by atomic mass is 9.89. The Bertz CT molecular complexity index is 971. The van der Waals surface area contributed by atoms with Crippen molar-refractivity contribution in [3.05, 3.63) is 94.5 Å². The van der Waals surface area contributed by atoms with Crippen LogP contribution in [-0.4, -0.2) is 14.2 Å². The predicted molar refractivity (Wildman–Crippen MR) is 108 cm³/mol. The highest BCUT2D eigenvalue weighted by molar-refractivity contribution is 5.93. The summed E-state index contributed by atoms with van der Waals surface area (Å²) in [5, 5.41) is 0. The van der Waals surface area contributed by atoms with Crippen LogP contribution in [0.3, 0.4) is 0 Å². The molecule has 0 spiro atoms. The largest absolute Gasteiger partial charge is 0.497 e. The van der Waals surface area contributed by atoms with Gasteiger partial charge in [-0.1, -0.05) is 42.5 Å². The number of hydrogen-bond acceptors (Lipinski definition) is 3. The van der Waals surface area contributed by atoms with E-state index in [1.165, 1.54) is 22.3 Å². The van der Waals surface area contributed by atoms with Gasteiger partial charge in [-0.2, -0.15) is 0 Å². The van der Waals surface area contributed by atoms with E-state index in [4.69, 9.17) is 14.2 Å². The van der Waals surface area contributed by atoms with Crippen molar-refractivity contribution in [1.29, 1.82) is 0 Å². The van der Waals surface area contributed by atoms with Crippen LogP contribution in [0.1, 0.15) is 27.8 Å². The molecule has 3 heteroatoms. The molecular weight excluding hydrogens is 336 g/mol. The van der Waals surface area contributed by atoms with E-state index in [0.717, 1.165) is 22.6 Å². The quantitative estimate of drug-likeness (QED) is 0.634. The van der Waals surface area contributed by atoms with Crippen LogP contribution in [0.4, 0.5) is 0 Å². The number of fused-ring (bicyclic) bond motifs is 2. The van der Waals surface area contributed by atoms with E-state index in [2.05, 4.69) is 54.6 Å². The van der Waals surface area contributed by atoms with Crippen molar-refractivity contribution in [2.24, 2.45) is 0 Å². The lowest BCUT2D eigenvalue weighted by Gasteiger charge is -2.21. The Balaban J connectivity index is 1.90. The molecular formula is C24H22O3. The number of benzene rings is 3. The molecule has 1 aliphatic rings. The molecule has 3 nitrogen and oxygen atoms in total. The Morgan fingerprint density at radius 2 is 1.41 bits per heavy atom. The summed E-state index contributed by atoms with van der Waals surface area (Å²) < 4.78 is 16.7. The SMILES string of the molecule is COc1ccc(/C=C2/c3ccccc3COCc3cc(OC)ccc32)cc1. The summed E-state index contributed by atoms with van der Waals surface area (Å²) in [5.74, 6) is 1.70. The number of rotatable bonds is 3. The second-order valence-corrected chi connectivity index (χ2v) is 6.50. The lowest BCUT2D eigenvalue weighted by Crippen LogP contribution is -2.06. The first-order valence-corrected chi connectivity index (χ1v) is 8.97. The van der Waals surface area contributed by atoms with Crippen LogP contribution in [0.5, 0.6) is 11.5 Å². The molecule has 3 aromatic carbocycles. The highest BCUT2D eigenvalue weighted by atomic mass is 16.5. The second kappa shape index (κ2) is 7.68. The van der Waals surface area contributed by atoms with Gasteiger partial charge in [0.1, 0.15) is 11.5 Å². The molecule has 0 aliphatic carbocycles. The molecule has 27 heavy (non-hydrogen) atoms. The third-order valence-electron chi connectivity index (χ3n) is 4.85. The molecule has 0 N–H and O–H groups in total. The maximum atomic E-state index is 5.96. The van der Waals surface area contributed by atoms with Crippen LogP contribution in [0.15, 0.2) is 66.7 Å². The van der Waals surface area contributed by atoms with E-state index < -0.39 is 0 Å². The van der Waals surface area contributed by atoms with Gasteiger partial charge in [0.15, 0.2) is 0 Å². The van der Waals surface area contributed by atoms with Crippen LogP contribution in [-0.2, 0) is 18.0 Å². The van der Waals surface area contributed by atoms with Crippen molar-refractivity contribution < 1.29 is 14.2 Å². The standard InChI is InChI=1S/C24H22O3/c1-25-20-9-7-17(8-10-20)13-24-22-6-4-3-5-18(22)15-27-16-19-14-21(26-2)11-12-23(19)24/h3-14H,15-16H2,1-2H3/b24-13-. The van der Waals surface area contributed by atoms with Gasteiger partial charge in [-0.15, -0.1) is 0 Å². The smallest absolute Gasteiger partial charge is 0.119 e. The molecule has 0 radical (unpaired) electrons. The van der Waals surface area contributed by atoms with Gasteiger partial charge in [-0.25, -0.2) is 0 Å². The zero-order valence-electron chi connectivity index (χ0n) is 15.6.